The summed E-state index contributed by atoms with van der Waals surface area (Å²) in [6.45, 7) is 5.72. The Kier molecular flexibility index (Phi) is 3.44. The summed E-state index contributed by atoms with van der Waals surface area (Å²) in [7, 11) is 0. The molecule has 3 N–H and O–H groups in total. The highest BCUT2D eigenvalue weighted by molar-refractivity contribution is 5.89. The fourth-order valence-corrected chi connectivity index (χ4v) is 3.21. The lowest BCUT2D eigenvalue weighted by atomic mass is 9.99. The van der Waals surface area contributed by atoms with Crippen molar-refractivity contribution in [2.45, 2.75) is 19.4 Å². The summed E-state index contributed by atoms with van der Waals surface area (Å²) in [5, 5.41) is 29.7. The Morgan fingerprint density at radius 3 is 2.65 bits per heavy atom. The van der Waals surface area contributed by atoms with Crippen molar-refractivity contribution in [3.05, 3.63) is 58.5 Å². The number of hydrogen-bond acceptors (Lipinski definition) is 6. The van der Waals surface area contributed by atoms with Crippen LogP contribution in [0.15, 0.2) is 51.9 Å². The van der Waals surface area contributed by atoms with Crippen molar-refractivity contribution in [1.29, 1.82) is 0 Å². The zero-order valence-corrected chi connectivity index (χ0v) is 13.9. The van der Waals surface area contributed by atoms with Crippen LogP contribution in [-0.2, 0) is 6.42 Å². The fourth-order valence-electron chi connectivity index (χ4n) is 3.21. The Balaban J connectivity index is 1.96. The second-order valence-electron chi connectivity index (χ2n) is 6.41. The largest absolute Gasteiger partial charge is 0.508 e. The van der Waals surface area contributed by atoms with Crippen molar-refractivity contribution in [1.82, 2.24) is 0 Å². The summed E-state index contributed by atoms with van der Waals surface area (Å²) in [6.07, 6.45) is 1.44. The molecule has 132 valence electrons. The van der Waals surface area contributed by atoms with Gasteiger partial charge in [-0.25, -0.2) is 0 Å². The average molecular weight is 352 g/mol. The topological polar surface area (TPSA) is 100 Å². The van der Waals surface area contributed by atoms with E-state index in [1.165, 1.54) is 18.4 Å². The molecule has 6 heteroatoms. The third kappa shape index (κ3) is 2.30. The van der Waals surface area contributed by atoms with Crippen LogP contribution >= 0.6 is 0 Å². The molecule has 3 aromatic rings. The summed E-state index contributed by atoms with van der Waals surface area (Å²) in [6, 6.07) is 5.41. The van der Waals surface area contributed by atoms with Gasteiger partial charge in [0, 0.05) is 29.7 Å². The molecule has 0 bridgehead atoms. The molecule has 0 radical (unpaired) electrons. The second kappa shape index (κ2) is 5.56. The van der Waals surface area contributed by atoms with Crippen molar-refractivity contribution in [2.24, 2.45) is 0 Å². The predicted molar refractivity (Wildman–Crippen MR) is 95.8 cm³/mol. The van der Waals surface area contributed by atoms with E-state index in [2.05, 4.69) is 6.58 Å². The van der Waals surface area contributed by atoms with E-state index in [0.29, 0.717) is 23.3 Å². The number of aromatic hydroxyl groups is 3. The maximum absolute atomic E-state index is 12.9. The molecule has 0 saturated heterocycles. The SMILES string of the molecule is C=C(C)C1Cc2c(O)ccc(-c3coc4cc(O)cc(O)c4c3=O)c2O1. The minimum absolute atomic E-state index is 0.0310. The predicted octanol–water partition coefficient (Wildman–Crippen LogP) is 3.46. The van der Waals surface area contributed by atoms with Crippen molar-refractivity contribution < 1.29 is 24.5 Å². The highest BCUT2D eigenvalue weighted by Crippen LogP contribution is 2.44. The van der Waals surface area contributed by atoms with Gasteiger partial charge in [0.05, 0.1) is 5.56 Å². The summed E-state index contributed by atoms with van der Waals surface area (Å²) >= 11 is 0. The molecule has 26 heavy (non-hydrogen) atoms. The highest BCUT2D eigenvalue weighted by atomic mass is 16.5. The lowest BCUT2D eigenvalue weighted by molar-refractivity contribution is 0.272. The monoisotopic (exact) mass is 352 g/mol. The van der Waals surface area contributed by atoms with Crippen LogP contribution in [0.5, 0.6) is 23.0 Å². The van der Waals surface area contributed by atoms with Gasteiger partial charge in [-0.05, 0) is 24.6 Å². The minimum atomic E-state index is -0.459. The molecular weight excluding hydrogens is 336 g/mol. The van der Waals surface area contributed by atoms with Gasteiger partial charge >= 0.3 is 0 Å². The van der Waals surface area contributed by atoms with Crippen LogP contribution in [-0.4, -0.2) is 21.4 Å². The van der Waals surface area contributed by atoms with E-state index in [9.17, 15) is 20.1 Å². The van der Waals surface area contributed by atoms with Gasteiger partial charge in [0.1, 0.15) is 46.3 Å². The van der Waals surface area contributed by atoms with Crippen LogP contribution in [0.3, 0.4) is 0 Å². The number of benzene rings is 2. The quantitative estimate of drug-likeness (QED) is 0.611. The summed E-state index contributed by atoms with van der Waals surface area (Å²) < 4.78 is 11.4. The molecule has 2 heterocycles. The molecule has 1 aliphatic heterocycles. The summed E-state index contributed by atoms with van der Waals surface area (Å²) in [4.78, 5) is 12.9. The van der Waals surface area contributed by atoms with E-state index >= 15 is 0 Å². The standard InChI is InChI=1S/C20H16O6/c1-9(2)16-7-12-14(22)4-3-11(20(12)26-16)13-8-25-17-6-10(21)5-15(23)18(17)19(13)24/h3-6,8,16,21-23H,1,7H2,2H3. The van der Waals surface area contributed by atoms with Gasteiger partial charge in [-0.2, -0.15) is 0 Å². The Hall–Kier alpha value is -3.41. The summed E-state index contributed by atoms with van der Waals surface area (Å²) in [5.41, 5.74) is 1.68. The zero-order valence-electron chi connectivity index (χ0n) is 13.9. The smallest absolute Gasteiger partial charge is 0.204 e. The molecule has 6 nitrogen and oxygen atoms in total. The number of ether oxygens (including phenoxy) is 1. The number of phenols is 3. The fraction of sp³-hybridized carbons (Fsp3) is 0.150. The van der Waals surface area contributed by atoms with Crippen molar-refractivity contribution in [2.75, 3.05) is 0 Å². The molecule has 0 aliphatic carbocycles. The molecule has 0 fully saturated rings. The number of rotatable bonds is 2. The lowest BCUT2D eigenvalue weighted by Gasteiger charge is -2.12. The molecule has 0 amide bonds. The van der Waals surface area contributed by atoms with E-state index in [1.807, 2.05) is 6.92 Å². The van der Waals surface area contributed by atoms with Gasteiger partial charge in [-0.15, -0.1) is 0 Å². The second-order valence-corrected chi connectivity index (χ2v) is 6.41. The van der Waals surface area contributed by atoms with Crippen molar-refractivity contribution in [3.63, 3.8) is 0 Å². The molecule has 1 unspecified atom stereocenters. The van der Waals surface area contributed by atoms with Crippen molar-refractivity contribution in [3.8, 4) is 34.1 Å². The third-order valence-electron chi connectivity index (χ3n) is 4.57. The van der Waals surface area contributed by atoms with Crippen LogP contribution in [0.25, 0.3) is 22.1 Å². The maximum Gasteiger partial charge on any atom is 0.204 e. The minimum Gasteiger partial charge on any atom is -0.508 e. The molecular formula is C20H16O6. The lowest BCUT2D eigenvalue weighted by Crippen LogP contribution is -2.13. The zero-order chi connectivity index (χ0) is 18.6. The van der Waals surface area contributed by atoms with Crippen LogP contribution < -0.4 is 10.2 Å². The molecule has 1 aromatic heterocycles. The molecule has 0 saturated carbocycles. The Bertz CT molecular complexity index is 1130. The summed E-state index contributed by atoms with van der Waals surface area (Å²) in [5.74, 6) is -0.0795. The first-order chi connectivity index (χ1) is 12.4. The third-order valence-corrected chi connectivity index (χ3v) is 4.57. The first kappa shape index (κ1) is 16.1. The van der Waals surface area contributed by atoms with E-state index in [1.54, 1.807) is 6.07 Å². The number of hydrogen-bond donors (Lipinski definition) is 3. The van der Waals surface area contributed by atoms with E-state index in [4.69, 9.17) is 9.15 Å². The normalized spacial score (nSPS) is 15.7. The van der Waals surface area contributed by atoms with Gasteiger partial charge in [0.15, 0.2) is 0 Å². The van der Waals surface area contributed by atoms with Crippen LogP contribution in [0.2, 0.25) is 0 Å². The Labute approximate surface area is 148 Å². The first-order valence-corrected chi connectivity index (χ1v) is 8.01. The molecule has 2 aromatic carbocycles. The number of fused-ring (bicyclic) bond motifs is 2. The van der Waals surface area contributed by atoms with Gasteiger partial charge < -0.3 is 24.5 Å². The number of phenolic OH excluding ortho intramolecular Hbond substituents is 3. The highest BCUT2D eigenvalue weighted by Gasteiger charge is 2.30. The van der Waals surface area contributed by atoms with Gasteiger partial charge in [-0.1, -0.05) is 6.58 Å². The van der Waals surface area contributed by atoms with E-state index in [-0.39, 0.29) is 39.9 Å². The van der Waals surface area contributed by atoms with Crippen LogP contribution in [0.1, 0.15) is 12.5 Å². The van der Waals surface area contributed by atoms with E-state index in [0.717, 1.165) is 11.6 Å². The average Bonchev–Trinajstić information content (AvgIpc) is 3.02. The molecule has 4 rings (SSSR count). The van der Waals surface area contributed by atoms with Crippen LogP contribution in [0.4, 0.5) is 0 Å². The Morgan fingerprint density at radius 2 is 1.92 bits per heavy atom. The molecule has 1 aliphatic rings. The van der Waals surface area contributed by atoms with E-state index < -0.39 is 5.43 Å². The van der Waals surface area contributed by atoms with Gasteiger partial charge in [-0.3, -0.25) is 4.79 Å². The van der Waals surface area contributed by atoms with Gasteiger partial charge in [0.25, 0.3) is 0 Å². The van der Waals surface area contributed by atoms with Crippen LogP contribution in [0, 0.1) is 0 Å². The molecule has 0 spiro atoms. The molecule has 1 atom stereocenters. The van der Waals surface area contributed by atoms with Gasteiger partial charge in [0.2, 0.25) is 5.43 Å². The first-order valence-electron chi connectivity index (χ1n) is 8.01. The maximum atomic E-state index is 12.9. The van der Waals surface area contributed by atoms with Crippen molar-refractivity contribution >= 4 is 11.0 Å². The Morgan fingerprint density at radius 1 is 1.15 bits per heavy atom.